The van der Waals surface area contributed by atoms with Crippen molar-refractivity contribution in [2.24, 2.45) is 0 Å². The molecule has 1 heterocycles. The first-order chi connectivity index (χ1) is 7.64. The van der Waals surface area contributed by atoms with Crippen molar-refractivity contribution in [2.45, 2.75) is 13.1 Å². The van der Waals surface area contributed by atoms with Crippen LogP contribution in [0.5, 0.6) is 0 Å². The lowest BCUT2D eigenvalue weighted by Gasteiger charge is -2.21. The molecule has 2 heteroatoms. The number of hydrogen-bond donors (Lipinski definition) is 0. The molecule has 0 nitrogen and oxygen atoms in total. The Morgan fingerprint density at radius 3 is 2.31 bits per heavy atom. The Labute approximate surface area is 102 Å². The molecule has 0 bridgehead atoms. The predicted octanol–water partition coefficient (Wildman–Crippen LogP) is 3.21. The Balaban J connectivity index is 2.39. The Kier molecular flexibility index (Phi) is 3.12. The van der Waals surface area contributed by atoms with Crippen molar-refractivity contribution >= 4 is 35.2 Å². The fraction of sp³-hybridized carbons (Fsp3) is 0.143. The highest BCUT2D eigenvalue weighted by Crippen LogP contribution is 2.10. The largest absolute Gasteiger partial charge is 0.153 e. The maximum atomic E-state index is 3.79. The van der Waals surface area contributed by atoms with Crippen molar-refractivity contribution < 1.29 is 0 Å². The molecule has 2 rings (SSSR count). The summed E-state index contributed by atoms with van der Waals surface area (Å²) in [5, 5.41) is 3.66. The molecule has 0 N–H and O–H groups in total. The summed E-state index contributed by atoms with van der Waals surface area (Å²) in [4.78, 5) is 0. The minimum atomic E-state index is -1.45. The van der Waals surface area contributed by atoms with Crippen molar-refractivity contribution in [2.75, 3.05) is 0 Å². The zero-order valence-electron chi connectivity index (χ0n) is 9.73. The van der Waals surface area contributed by atoms with E-state index in [9.17, 15) is 0 Å². The van der Waals surface area contributed by atoms with E-state index < -0.39 is 8.07 Å². The average Bonchev–Trinajstić information content (AvgIpc) is 2.83. The van der Waals surface area contributed by atoms with Crippen LogP contribution in [0.4, 0.5) is 0 Å². The molecule has 1 aromatic heterocycles. The fourth-order valence-corrected chi connectivity index (χ4v) is 5.81. The maximum Gasteiger partial charge on any atom is 0.124 e. The lowest BCUT2D eigenvalue weighted by Crippen LogP contribution is -2.51. The zero-order valence-corrected chi connectivity index (χ0v) is 11.6. The summed E-state index contributed by atoms with van der Waals surface area (Å²) in [5.74, 6) is 0. The van der Waals surface area contributed by atoms with E-state index >= 15 is 0 Å². The number of benzene rings is 1. The van der Waals surface area contributed by atoms with Gasteiger partial charge in [-0.05, 0) is 15.4 Å². The molecule has 0 saturated heterocycles. The van der Waals surface area contributed by atoms with Crippen molar-refractivity contribution in [3.63, 3.8) is 0 Å². The van der Waals surface area contributed by atoms with Gasteiger partial charge in [0.25, 0.3) is 0 Å². The average molecular weight is 244 g/mol. The van der Waals surface area contributed by atoms with E-state index in [-0.39, 0.29) is 0 Å². The standard InChI is InChI=1S/C14H16SSi/c1-4-12-7-9-13(10-8-12)16(2,3)14-6-5-11-15-14/h4-11H,1H2,2-3H3. The van der Waals surface area contributed by atoms with Crippen LogP contribution in [-0.2, 0) is 0 Å². The summed E-state index contributed by atoms with van der Waals surface area (Å²) < 4.78 is 1.54. The molecule has 82 valence electrons. The van der Waals surface area contributed by atoms with Gasteiger partial charge in [0.1, 0.15) is 8.07 Å². The monoisotopic (exact) mass is 244 g/mol. The van der Waals surface area contributed by atoms with Gasteiger partial charge in [-0.15, -0.1) is 0 Å². The van der Waals surface area contributed by atoms with E-state index in [1.165, 1.54) is 10.8 Å². The first-order valence-electron chi connectivity index (χ1n) is 5.41. The van der Waals surface area contributed by atoms with Gasteiger partial charge in [-0.1, -0.05) is 67.3 Å². The summed E-state index contributed by atoms with van der Waals surface area (Å²) in [6.45, 7) is 8.60. The molecule has 0 atom stereocenters. The van der Waals surface area contributed by atoms with Crippen LogP contribution >= 0.6 is 11.3 Å². The smallest absolute Gasteiger partial charge is 0.124 e. The van der Waals surface area contributed by atoms with Crippen molar-refractivity contribution in [1.29, 1.82) is 0 Å². The van der Waals surface area contributed by atoms with Gasteiger partial charge in [0.2, 0.25) is 0 Å². The van der Waals surface area contributed by atoms with Gasteiger partial charge in [0.05, 0.1) is 0 Å². The third-order valence-corrected chi connectivity index (χ3v) is 8.75. The molecule has 0 fully saturated rings. The van der Waals surface area contributed by atoms with E-state index in [0.29, 0.717) is 0 Å². The van der Waals surface area contributed by atoms with Gasteiger partial charge in [-0.2, -0.15) is 11.3 Å². The SMILES string of the molecule is C=Cc1ccc([Si](C)(C)c2cccs2)cc1. The Bertz CT molecular complexity index is 466. The molecule has 0 aliphatic carbocycles. The summed E-state index contributed by atoms with van der Waals surface area (Å²) in [7, 11) is -1.45. The molecule has 0 radical (unpaired) electrons. The van der Waals surface area contributed by atoms with Crippen LogP contribution in [0.2, 0.25) is 13.1 Å². The summed E-state index contributed by atoms with van der Waals surface area (Å²) in [6, 6.07) is 13.2. The Morgan fingerprint density at radius 1 is 1.12 bits per heavy atom. The Hall–Kier alpha value is -1.12. The normalized spacial score (nSPS) is 11.4. The zero-order chi connectivity index (χ0) is 11.6. The van der Waals surface area contributed by atoms with Gasteiger partial charge >= 0.3 is 0 Å². The summed E-state index contributed by atoms with van der Waals surface area (Å²) in [5.41, 5.74) is 1.19. The van der Waals surface area contributed by atoms with E-state index in [2.05, 4.69) is 61.5 Å². The molecule has 0 unspecified atom stereocenters. The predicted molar refractivity (Wildman–Crippen MR) is 77.6 cm³/mol. The first-order valence-corrected chi connectivity index (χ1v) is 9.29. The quantitative estimate of drug-likeness (QED) is 0.727. The molecule has 1 aromatic carbocycles. The van der Waals surface area contributed by atoms with Gasteiger partial charge in [0.15, 0.2) is 0 Å². The molecule has 0 aliphatic rings. The second kappa shape index (κ2) is 4.40. The van der Waals surface area contributed by atoms with Crippen LogP contribution < -0.4 is 9.69 Å². The van der Waals surface area contributed by atoms with Crippen LogP contribution in [0.25, 0.3) is 6.08 Å². The Morgan fingerprint density at radius 2 is 1.81 bits per heavy atom. The van der Waals surface area contributed by atoms with E-state index in [1.54, 1.807) is 4.50 Å². The topological polar surface area (TPSA) is 0 Å². The van der Waals surface area contributed by atoms with Gasteiger partial charge in [-0.3, -0.25) is 0 Å². The molecular weight excluding hydrogens is 228 g/mol. The van der Waals surface area contributed by atoms with Crippen LogP contribution in [0, 0.1) is 0 Å². The second-order valence-corrected chi connectivity index (χ2v) is 10.1. The maximum absolute atomic E-state index is 3.79. The lowest BCUT2D eigenvalue weighted by molar-refractivity contribution is 1.67. The number of hydrogen-bond acceptors (Lipinski definition) is 1. The fourth-order valence-electron chi connectivity index (χ4n) is 1.81. The van der Waals surface area contributed by atoms with Crippen molar-refractivity contribution in [1.82, 2.24) is 0 Å². The van der Waals surface area contributed by atoms with Gasteiger partial charge in [-0.25, -0.2) is 0 Å². The molecule has 16 heavy (non-hydrogen) atoms. The van der Waals surface area contributed by atoms with E-state index in [4.69, 9.17) is 0 Å². The number of thiophene rings is 1. The molecule has 0 aliphatic heterocycles. The van der Waals surface area contributed by atoms with Crippen molar-refractivity contribution in [3.05, 3.63) is 53.9 Å². The van der Waals surface area contributed by atoms with Gasteiger partial charge < -0.3 is 0 Å². The van der Waals surface area contributed by atoms with Gasteiger partial charge in [0, 0.05) is 0 Å². The number of rotatable bonds is 3. The summed E-state index contributed by atoms with van der Waals surface area (Å²) >= 11 is 1.88. The minimum absolute atomic E-state index is 1.19. The van der Waals surface area contributed by atoms with Crippen LogP contribution in [-0.4, -0.2) is 8.07 Å². The summed E-state index contributed by atoms with van der Waals surface area (Å²) in [6.07, 6.45) is 1.89. The molecular formula is C14H16SSi. The molecule has 0 spiro atoms. The molecule has 0 amide bonds. The van der Waals surface area contributed by atoms with E-state index in [0.717, 1.165) is 0 Å². The van der Waals surface area contributed by atoms with E-state index in [1.807, 2.05) is 17.4 Å². The third kappa shape index (κ3) is 2.03. The second-order valence-electron chi connectivity index (χ2n) is 4.43. The highest BCUT2D eigenvalue weighted by molar-refractivity contribution is 7.27. The van der Waals surface area contributed by atoms with Crippen LogP contribution in [0.1, 0.15) is 5.56 Å². The van der Waals surface area contributed by atoms with Crippen LogP contribution in [0.15, 0.2) is 48.4 Å². The highest BCUT2D eigenvalue weighted by atomic mass is 32.1. The minimum Gasteiger partial charge on any atom is -0.153 e. The first kappa shape index (κ1) is 11.4. The van der Waals surface area contributed by atoms with Crippen molar-refractivity contribution in [3.8, 4) is 0 Å². The molecule has 0 saturated carbocycles. The highest BCUT2D eigenvalue weighted by Gasteiger charge is 2.26. The van der Waals surface area contributed by atoms with Crippen LogP contribution in [0.3, 0.4) is 0 Å². The molecule has 2 aromatic rings. The lowest BCUT2D eigenvalue weighted by atomic mass is 10.2. The third-order valence-electron chi connectivity index (χ3n) is 3.01.